The van der Waals surface area contributed by atoms with Crippen molar-refractivity contribution in [2.24, 2.45) is 5.92 Å². The van der Waals surface area contributed by atoms with Gasteiger partial charge >= 0.3 is 5.97 Å². The summed E-state index contributed by atoms with van der Waals surface area (Å²) in [5.41, 5.74) is 0.960. The summed E-state index contributed by atoms with van der Waals surface area (Å²) >= 11 is 3.43. The number of carboxylic acids is 1. The van der Waals surface area contributed by atoms with E-state index in [1.165, 1.54) is 12.4 Å². The Balaban J connectivity index is 1.70. The monoisotopic (exact) mass is 533 g/mol. The molecule has 0 amide bonds. The second-order valence-corrected chi connectivity index (χ2v) is 9.01. The van der Waals surface area contributed by atoms with Gasteiger partial charge in [-0.15, -0.1) is 0 Å². The normalized spacial score (nSPS) is 10.8. The van der Waals surface area contributed by atoms with E-state index in [0.717, 1.165) is 0 Å². The summed E-state index contributed by atoms with van der Waals surface area (Å²) in [6.45, 7) is 4.53. The molecule has 4 aromatic rings. The highest BCUT2D eigenvalue weighted by Gasteiger charge is 2.18. The predicted octanol–water partition coefficient (Wildman–Crippen LogP) is 5.32. The van der Waals surface area contributed by atoms with E-state index in [-0.39, 0.29) is 22.7 Å². The number of aromatic carboxylic acids is 1. The Morgan fingerprint density at radius 3 is 2.66 bits per heavy atom. The quantitative estimate of drug-likeness (QED) is 0.326. The number of pyridine rings is 1. The van der Waals surface area contributed by atoms with E-state index in [1.54, 1.807) is 47.0 Å². The molecule has 0 aliphatic carbocycles. The molecule has 10 heteroatoms. The Morgan fingerprint density at radius 1 is 1.26 bits per heavy atom. The first kappa shape index (κ1) is 23.9. The predicted molar refractivity (Wildman–Crippen MR) is 134 cm³/mol. The molecule has 0 aliphatic rings. The number of anilines is 2. The molecular weight excluding hydrogens is 514 g/mol. The number of hydrogen-bond donors (Lipinski definition) is 2. The van der Waals surface area contributed by atoms with E-state index >= 15 is 0 Å². The number of carbonyl (C=O) groups is 1. The van der Waals surface area contributed by atoms with Crippen molar-refractivity contribution < 1.29 is 14.6 Å². The zero-order valence-corrected chi connectivity index (χ0v) is 20.4. The first-order valence-corrected chi connectivity index (χ1v) is 11.4. The molecule has 2 heterocycles. The molecule has 0 fully saturated rings. The minimum absolute atomic E-state index is 0.216. The molecule has 2 aromatic heterocycles. The first-order chi connectivity index (χ1) is 16.7. The number of benzene rings is 2. The van der Waals surface area contributed by atoms with Crippen LogP contribution in [0.5, 0.6) is 11.6 Å². The van der Waals surface area contributed by atoms with E-state index in [2.05, 4.69) is 37.3 Å². The summed E-state index contributed by atoms with van der Waals surface area (Å²) in [5, 5.41) is 21.7. The van der Waals surface area contributed by atoms with Crippen molar-refractivity contribution in [1.29, 1.82) is 5.26 Å². The van der Waals surface area contributed by atoms with Gasteiger partial charge in [-0.2, -0.15) is 10.2 Å². The van der Waals surface area contributed by atoms with Crippen LogP contribution in [-0.2, 0) is 6.54 Å². The molecule has 0 radical (unpaired) electrons. The van der Waals surface area contributed by atoms with Crippen LogP contribution in [0.4, 0.5) is 11.6 Å². The molecule has 9 nitrogen and oxygen atoms in total. The topological polar surface area (TPSA) is 130 Å². The number of fused-ring (bicyclic) bond motifs is 1. The molecule has 4 rings (SSSR count). The van der Waals surface area contributed by atoms with E-state index in [1.807, 2.05) is 13.8 Å². The van der Waals surface area contributed by atoms with Crippen LogP contribution >= 0.6 is 15.9 Å². The van der Waals surface area contributed by atoms with Gasteiger partial charge in [0.1, 0.15) is 11.3 Å². The van der Waals surface area contributed by atoms with Crippen molar-refractivity contribution >= 4 is 44.4 Å². The van der Waals surface area contributed by atoms with Gasteiger partial charge in [-0.1, -0.05) is 13.8 Å². The van der Waals surface area contributed by atoms with Crippen LogP contribution < -0.4 is 15.5 Å². The number of nitrogens with zero attached hydrogens (tertiary/aromatic N) is 4. The van der Waals surface area contributed by atoms with E-state index in [0.29, 0.717) is 39.5 Å². The number of hydrogen-bond acceptors (Lipinski definition) is 7. The minimum atomic E-state index is -1.27. The fraction of sp³-hybridized carbons (Fsp3) is 0.160. The Hall–Kier alpha value is -4.23. The Bertz CT molecular complexity index is 1520. The largest absolute Gasteiger partial charge is 0.477 e. The lowest BCUT2D eigenvalue weighted by Gasteiger charge is -2.16. The molecule has 0 spiro atoms. The highest BCUT2D eigenvalue weighted by atomic mass is 79.9. The zero-order chi connectivity index (χ0) is 25.1. The number of nitrogens with one attached hydrogen (secondary N) is 1. The van der Waals surface area contributed by atoms with Crippen LogP contribution in [-0.4, -0.2) is 25.6 Å². The van der Waals surface area contributed by atoms with Crippen LogP contribution in [0.15, 0.2) is 64.1 Å². The number of rotatable bonds is 7. The zero-order valence-electron chi connectivity index (χ0n) is 18.8. The molecule has 0 atom stereocenters. The molecule has 0 aliphatic heterocycles. The number of aromatic nitrogens is 3. The van der Waals surface area contributed by atoms with Crippen LogP contribution in [0.2, 0.25) is 0 Å². The van der Waals surface area contributed by atoms with Crippen molar-refractivity contribution in [2.75, 3.05) is 5.32 Å². The van der Waals surface area contributed by atoms with Crippen molar-refractivity contribution in [1.82, 2.24) is 14.5 Å². The van der Waals surface area contributed by atoms with Crippen LogP contribution in [0.3, 0.4) is 0 Å². The number of carboxylic acid groups (broad SMARTS) is 1. The molecule has 2 N–H and O–H groups in total. The van der Waals surface area contributed by atoms with Gasteiger partial charge in [-0.25, -0.2) is 9.78 Å². The summed E-state index contributed by atoms with van der Waals surface area (Å²) in [5.74, 6) is -0.0919. The summed E-state index contributed by atoms with van der Waals surface area (Å²) < 4.78 is 8.22. The van der Waals surface area contributed by atoms with Gasteiger partial charge in [-0.3, -0.25) is 4.79 Å². The van der Waals surface area contributed by atoms with Crippen molar-refractivity contribution in [3.63, 3.8) is 0 Å². The maximum Gasteiger partial charge on any atom is 0.341 e. The lowest BCUT2D eigenvalue weighted by Crippen LogP contribution is -2.20. The standard InChI is InChI=1S/C25H20BrN5O4/c1-14(2)12-31-13-18(24(33)34)23(32)17-9-19(26)21(10-20(17)31)35-22-7-8-28-25(30-22)29-16-5-3-15(11-27)4-6-16/h3-10,13-14H,12H2,1-2H3,(H,33,34)(H,28,29,30). The number of ether oxygens (including phenoxy) is 1. The fourth-order valence-electron chi connectivity index (χ4n) is 3.50. The van der Waals surface area contributed by atoms with Crippen LogP contribution in [0.25, 0.3) is 10.9 Å². The molecule has 0 saturated carbocycles. The number of halogens is 1. The maximum atomic E-state index is 12.8. The average molecular weight is 534 g/mol. The van der Waals surface area contributed by atoms with Crippen LogP contribution in [0.1, 0.15) is 29.8 Å². The second kappa shape index (κ2) is 9.95. The van der Waals surface area contributed by atoms with E-state index in [9.17, 15) is 14.7 Å². The second-order valence-electron chi connectivity index (χ2n) is 8.16. The molecule has 2 aromatic carbocycles. The van der Waals surface area contributed by atoms with Gasteiger partial charge in [0.25, 0.3) is 0 Å². The lowest BCUT2D eigenvalue weighted by molar-refractivity contribution is 0.0694. The van der Waals surface area contributed by atoms with Gasteiger partial charge in [0.05, 0.1) is 21.6 Å². The SMILES string of the molecule is CC(C)Cn1cc(C(=O)O)c(=O)c2cc(Br)c(Oc3ccnc(Nc4ccc(C#N)cc4)n3)cc21. The maximum absolute atomic E-state index is 12.8. The van der Waals surface area contributed by atoms with Gasteiger partial charge in [0.2, 0.25) is 17.3 Å². The third-order valence-electron chi connectivity index (χ3n) is 5.04. The minimum Gasteiger partial charge on any atom is -0.477 e. The molecular formula is C25H20BrN5O4. The van der Waals surface area contributed by atoms with Crippen LogP contribution in [0, 0.1) is 17.2 Å². The van der Waals surface area contributed by atoms with E-state index < -0.39 is 11.4 Å². The fourth-order valence-corrected chi connectivity index (χ4v) is 3.92. The molecule has 176 valence electrons. The Kier molecular flexibility index (Phi) is 6.80. The van der Waals surface area contributed by atoms with Crippen molar-refractivity contribution in [2.45, 2.75) is 20.4 Å². The third kappa shape index (κ3) is 5.31. The summed E-state index contributed by atoms with van der Waals surface area (Å²) in [7, 11) is 0. The highest BCUT2D eigenvalue weighted by Crippen LogP contribution is 2.33. The number of nitriles is 1. The van der Waals surface area contributed by atoms with Gasteiger partial charge in [-0.05, 0) is 52.2 Å². The summed E-state index contributed by atoms with van der Waals surface area (Å²) in [6, 6.07) is 13.8. The van der Waals surface area contributed by atoms with Gasteiger partial charge in [0.15, 0.2) is 0 Å². The van der Waals surface area contributed by atoms with Gasteiger partial charge < -0.3 is 19.7 Å². The van der Waals surface area contributed by atoms with Crippen molar-refractivity contribution in [3.8, 4) is 17.7 Å². The van der Waals surface area contributed by atoms with E-state index in [4.69, 9.17) is 10.00 Å². The highest BCUT2D eigenvalue weighted by molar-refractivity contribution is 9.10. The first-order valence-electron chi connectivity index (χ1n) is 10.6. The molecule has 0 unspecified atom stereocenters. The lowest BCUT2D eigenvalue weighted by atomic mass is 10.1. The third-order valence-corrected chi connectivity index (χ3v) is 5.66. The van der Waals surface area contributed by atoms with Gasteiger partial charge in [0, 0.05) is 42.1 Å². The Labute approximate surface area is 208 Å². The summed E-state index contributed by atoms with van der Waals surface area (Å²) in [6.07, 6.45) is 2.91. The molecule has 35 heavy (non-hydrogen) atoms. The average Bonchev–Trinajstić information content (AvgIpc) is 2.82. The molecule has 0 saturated heterocycles. The summed E-state index contributed by atoms with van der Waals surface area (Å²) in [4.78, 5) is 33.0. The van der Waals surface area contributed by atoms with Crippen molar-refractivity contribution in [3.05, 3.63) is 80.7 Å². The Morgan fingerprint density at radius 2 is 2.00 bits per heavy atom. The molecule has 0 bridgehead atoms. The smallest absolute Gasteiger partial charge is 0.341 e.